The lowest BCUT2D eigenvalue weighted by atomic mass is 9.57. The second-order valence-electron chi connectivity index (χ2n) is 9.45. The van der Waals surface area contributed by atoms with Gasteiger partial charge in [0.05, 0.1) is 0 Å². The molecule has 0 amide bonds. The molecule has 0 aromatic heterocycles. The van der Waals surface area contributed by atoms with Crippen LogP contribution in [0.15, 0.2) is 45.3 Å². The molecule has 2 heteroatoms. The van der Waals surface area contributed by atoms with Crippen molar-refractivity contribution in [2.75, 3.05) is 0 Å². The van der Waals surface area contributed by atoms with E-state index in [-0.39, 0.29) is 5.41 Å². The molecule has 0 bridgehead atoms. The molecule has 1 aliphatic carbocycles. The SMILES string of the molecule is CCCCC[C@H](CC)C1([C@@H](CC)CCCCC)c2cc(Br)ccc2-c2ccc(Br)cc21. The molecule has 170 valence electrons. The molecule has 31 heavy (non-hydrogen) atoms. The Bertz CT molecular complexity index is 782. The molecule has 3 rings (SSSR count). The van der Waals surface area contributed by atoms with Crippen LogP contribution in [0.4, 0.5) is 0 Å². The van der Waals surface area contributed by atoms with E-state index >= 15 is 0 Å². The Morgan fingerprint density at radius 3 is 1.42 bits per heavy atom. The summed E-state index contributed by atoms with van der Waals surface area (Å²) < 4.78 is 2.43. The highest BCUT2D eigenvalue weighted by molar-refractivity contribution is 9.10. The first-order chi connectivity index (χ1) is 15.0. The van der Waals surface area contributed by atoms with Crippen molar-refractivity contribution in [3.63, 3.8) is 0 Å². The van der Waals surface area contributed by atoms with Gasteiger partial charge in [0.2, 0.25) is 0 Å². The van der Waals surface area contributed by atoms with Gasteiger partial charge in [-0.3, -0.25) is 0 Å². The molecule has 0 aliphatic heterocycles. The maximum Gasteiger partial charge on any atom is 0.0272 e. The van der Waals surface area contributed by atoms with Gasteiger partial charge in [0.25, 0.3) is 0 Å². The van der Waals surface area contributed by atoms with Crippen molar-refractivity contribution in [2.24, 2.45) is 11.8 Å². The van der Waals surface area contributed by atoms with E-state index in [2.05, 4.69) is 96.0 Å². The topological polar surface area (TPSA) is 0 Å². The van der Waals surface area contributed by atoms with Gasteiger partial charge in [-0.1, -0.05) is 123 Å². The Morgan fingerprint density at radius 2 is 1.06 bits per heavy atom. The molecule has 0 fully saturated rings. The molecule has 0 unspecified atom stereocenters. The van der Waals surface area contributed by atoms with E-state index in [1.165, 1.54) is 84.3 Å². The van der Waals surface area contributed by atoms with Crippen LogP contribution in [-0.2, 0) is 5.41 Å². The molecular formula is C29H40Br2. The van der Waals surface area contributed by atoms with Crippen LogP contribution in [0.1, 0.15) is 103 Å². The van der Waals surface area contributed by atoms with Gasteiger partial charge in [-0.25, -0.2) is 0 Å². The molecule has 0 spiro atoms. The third-order valence-electron chi connectivity index (χ3n) is 7.73. The van der Waals surface area contributed by atoms with Crippen molar-refractivity contribution in [3.8, 4) is 11.1 Å². The van der Waals surface area contributed by atoms with Crippen molar-refractivity contribution in [3.05, 3.63) is 56.5 Å². The molecule has 0 nitrogen and oxygen atoms in total. The zero-order valence-corrected chi connectivity index (χ0v) is 23.1. The van der Waals surface area contributed by atoms with Gasteiger partial charge in [0.1, 0.15) is 0 Å². The third kappa shape index (κ3) is 4.86. The lowest BCUT2D eigenvalue weighted by Gasteiger charge is -2.46. The molecular weight excluding hydrogens is 508 g/mol. The lowest BCUT2D eigenvalue weighted by Crippen LogP contribution is -2.42. The Labute approximate surface area is 207 Å². The van der Waals surface area contributed by atoms with Crippen LogP contribution in [0.3, 0.4) is 0 Å². The van der Waals surface area contributed by atoms with Crippen LogP contribution in [0.2, 0.25) is 0 Å². The van der Waals surface area contributed by atoms with Crippen molar-refractivity contribution in [2.45, 2.75) is 97.3 Å². The van der Waals surface area contributed by atoms with Crippen LogP contribution in [0.5, 0.6) is 0 Å². The van der Waals surface area contributed by atoms with Crippen molar-refractivity contribution >= 4 is 31.9 Å². The average molecular weight is 548 g/mol. The van der Waals surface area contributed by atoms with E-state index in [0.29, 0.717) is 11.8 Å². The molecule has 0 saturated carbocycles. The lowest BCUT2D eigenvalue weighted by molar-refractivity contribution is 0.178. The zero-order valence-electron chi connectivity index (χ0n) is 19.9. The fourth-order valence-electron chi connectivity index (χ4n) is 6.33. The smallest absolute Gasteiger partial charge is 0.0272 e. The summed E-state index contributed by atoms with van der Waals surface area (Å²) in [6.07, 6.45) is 13.1. The van der Waals surface area contributed by atoms with E-state index in [1.54, 1.807) is 11.1 Å². The van der Waals surface area contributed by atoms with Gasteiger partial charge in [-0.15, -0.1) is 0 Å². The van der Waals surface area contributed by atoms with Gasteiger partial charge in [0, 0.05) is 14.4 Å². The normalized spacial score (nSPS) is 16.1. The van der Waals surface area contributed by atoms with Gasteiger partial charge in [-0.2, -0.15) is 0 Å². The quantitative estimate of drug-likeness (QED) is 0.232. The summed E-state index contributed by atoms with van der Waals surface area (Å²) in [6.45, 7) is 9.52. The first-order valence-corrected chi connectivity index (χ1v) is 14.2. The first-order valence-electron chi connectivity index (χ1n) is 12.6. The molecule has 2 atom stereocenters. The maximum absolute atomic E-state index is 3.84. The predicted molar refractivity (Wildman–Crippen MR) is 144 cm³/mol. The number of hydrogen-bond donors (Lipinski definition) is 0. The summed E-state index contributed by atoms with van der Waals surface area (Å²) in [7, 11) is 0. The summed E-state index contributed by atoms with van der Waals surface area (Å²) in [4.78, 5) is 0. The third-order valence-corrected chi connectivity index (χ3v) is 8.72. The van der Waals surface area contributed by atoms with E-state index in [4.69, 9.17) is 0 Å². The Morgan fingerprint density at radius 1 is 0.645 bits per heavy atom. The van der Waals surface area contributed by atoms with E-state index < -0.39 is 0 Å². The summed E-state index contributed by atoms with van der Waals surface area (Å²) in [5.74, 6) is 1.35. The highest BCUT2D eigenvalue weighted by atomic mass is 79.9. The zero-order chi connectivity index (χ0) is 22.4. The Kier molecular flexibility index (Phi) is 9.29. The molecule has 0 radical (unpaired) electrons. The van der Waals surface area contributed by atoms with Crippen LogP contribution in [0, 0.1) is 11.8 Å². The van der Waals surface area contributed by atoms with Crippen molar-refractivity contribution in [1.29, 1.82) is 0 Å². The number of halogens is 2. The second-order valence-corrected chi connectivity index (χ2v) is 11.3. The van der Waals surface area contributed by atoms with Crippen molar-refractivity contribution < 1.29 is 0 Å². The number of rotatable bonds is 12. The average Bonchev–Trinajstić information content (AvgIpc) is 3.04. The van der Waals surface area contributed by atoms with Crippen LogP contribution >= 0.6 is 31.9 Å². The predicted octanol–water partition coefficient (Wildman–Crippen LogP) is 10.7. The van der Waals surface area contributed by atoms with Gasteiger partial charge in [-0.05, 0) is 71.2 Å². The van der Waals surface area contributed by atoms with Crippen molar-refractivity contribution in [1.82, 2.24) is 0 Å². The van der Waals surface area contributed by atoms with Gasteiger partial charge in [0.15, 0.2) is 0 Å². The van der Waals surface area contributed by atoms with Gasteiger partial charge < -0.3 is 0 Å². The molecule has 0 heterocycles. The fraction of sp³-hybridized carbons (Fsp3) is 0.586. The highest BCUT2D eigenvalue weighted by Crippen LogP contribution is 2.60. The van der Waals surface area contributed by atoms with Crippen LogP contribution in [-0.4, -0.2) is 0 Å². The fourth-order valence-corrected chi connectivity index (χ4v) is 7.06. The largest absolute Gasteiger partial charge is 0.0654 e. The van der Waals surface area contributed by atoms with E-state index in [1.807, 2.05) is 0 Å². The van der Waals surface area contributed by atoms with E-state index in [9.17, 15) is 0 Å². The summed E-state index contributed by atoms with van der Waals surface area (Å²) in [5.41, 5.74) is 6.22. The summed E-state index contributed by atoms with van der Waals surface area (Å²) >= 11 is 7.67. The minimum absolute atomic E-state index is 0.114. The summed E-state index contributed by atoms with van der Waals surface area (Å²) in [6, 6.07) is 14.1. The monoisotopic (exact) mass is 546 g/mol. The number of benzene rings is 2. The minimum Gasteiger partial charge on any atom is -0.0654 e. The minimum atomic E-state index is 0.114. The molecule has 2 aromatic carbocycles. The molecule has 2 aromatic rings. The number of hydrogen-bond acceptors (Lipinski definition) is 0. The summed E-state index contributed by atoms with van der Waals surface area (Å²) in [5, 5.41) is 0. The molecule has 0 N–H and O–H groups in total. The molecule has 0 saturated heterocycles. The highest BCUT2D eigenvalue weighted by Gasteiger charge is 2.51. The first kappa shape index (κ1) is 25.0. The Hall–Kier alpha value is -0.600. The van der Waals surface area contributed by atoms with Crippen LogP contribution in [0.25, 0.3) is 11.1 Å². The molecule has 1 aliphatic rings. The van der Waals surface area contributed by atoms with E-state index in [0.717, 1.165) is 0 Å². The van der Waals surface area contributed by atoms with Gasteiger partial charge >= 0.3 is 0 Å². The maximum atomic E-state index is 3.84. The number of unbranched alkanes of at least 4 members (excludes halogenated alkanes) is 4. The Balaban J connectivity index is 2.25. The number of fused-ring (bicyclic) bond motifs is 3. The second kappa shape index (κ2) is 11.5. The standard InChI is InChI=1S/C29H40Br2/c1-5-9-11-13-21(7-3)29(22(8-4)14-12-10-6-2)27-19-23(30)15-17-25(27)26-18-16-24(31)20-28(26)29/h15-22H,5-14H2,1-4H3/t21-,22-/m0/s1. The van der Waals surface area contributed by atoms with Crippen LogP contribution < -0.4 is 0 Å².